The van der Waals surface area contributed by atoms with Crippen molar-refractivity contribution in [3.05, 3.63) is 48.6 Å². The van der Waals surface area contributed by atoms with Crippen LogP contribution in [0, 0.1) is 0 Å². The quantitative estimate of drug-likeness (QED) is 0.121. The fourth-order valence-electron chi connectivity index (χ4n) is 3.39. The van der Waals surface area contributed by atoms with Crippen molar-refractivity contribution in [2.24, 2.45) is 0 Å². The smallest absolute Gasteiger partial charge is 0.220 e. The SMILES string of the molecule is CCC/C=C\CCCCCCCC(=O)NC(CO)C(O)/C=C/CC/C=C/CC/C=C/CCC. The van der Waals surface area contributed by atoms with E-state index in [1.54, 1.807) is 6.08 Å². The van der Waals surface area contributed by atoms with Gasteiger partial charge in [0.15, 0.2) is 0 Å². The zero-order valence-electron chi connectivity index (χ0n) is 21.4. The van der Waals surface area contributed by atoms with E-state index in [2.05, 4.69) is 55.6 Å². The zero-order chi connectivity index (χ0) is 24.4. The van der Waals surface area contributed by atoms with Crippen molar-refractivity contribution in [3.63, 3.8) is 0 Å². The van der Waals surface area contributed by atoms with Crippen LogP contribution >= 0.6 is 0 Å². The molecule has 4 heteroatoms. The summed E-state index contributed by atoms with van der Waals surface area (Å²) in [5.74, 6) is -0.0973. The Hall–Kier alpha value is -1.65. The van der Waals surface area contributed by atoms with E-state index in [0.29, 0.717) is 6.42 Å². The van der Waals surface area contributed by atoms with Crippen LogP contribution in [0.1, 0.15) is 110 Å². The number of hydrogen-bond acceptors (Lipinski definition) is 3. The number of hydrogen-bond donors (Lipinski definition) is 3. The van der Waals surface area contributed by atoms with Crippen LogP contribution in [0.25, 0.3) is 0 Å². The molecule has 3 N–H and O–H groups in total. The van der Waals surface area contributed by atoms with Crippen molar-refractivity contribution in [1.29, 1.82) is 0 Å². The van der Waals surface area contributed by atoms with Crippen LogP contribution in [0.2, 0.25) is 0 Å². The van der Waals surface area contributed by atoms with Crippen LogP contribution in [0.4, 0.5) is 0 Å². The number of allylic oxidation sites excluding steroid dienone is 7. The lowest BCUT2D eigenvalue weighted by Gasteiger charge is -2.19. The molecule has 0 aromatic carbocycles. The molecule has 0 bridgehead atoms. The van der Waals surface area contributed by atoms with Crippen LogP contribution in [0.5, 0.6) is 0 Å². The van der Waals surface area contributed by atoms with Crippen molar-refractivity contribution in [2.75, 3.05) is 6.61 Å². The minimum atomic E-state index is -0.868. The Kier molecular flexibility index (Phi) is 23.7. The average Bonchev–Trinajstić information content (AvgIpc) is 2.82. The van der Waals surface area contributed by atoms with Crippen molar-refractivity contribution >= 4 is 5.91 Å². The van der Waals surface area contributed by atoms with Crippen LogP contribution in [0.3, 0.4) is 0 Å². The third-order valence-electron chi connectivity index (χ3n) is 5.47. The number of aliphatic hydroxyl groups excluding tert-OH is 2. The van der Waals surface area contributed by atoms with Gasteiger partial charge in [-0.25, -0.2) is 0 Å². The largest absolute Gasteiger partial charge is 0.394 e. The van der Waals surface area contributed by atoms with E-state index in [9.17, 15) is 15.0 Å². The third-order valence-corrected chi connectivity index (χ3v) is 5.47. The fourth-order valence-corrected chi connectivity index (χ4v) is 3.39. The topological polar surface area (TPSA) is 69.6 Å². The summed E-state index contributed by atoms with van der Waals surface area (Å²) in [6.45, 7) is 4.10. The van der Waals surface area contributed by atoms with Crippen LogP contribution < -0.4 is 5.32 Å². The Morgan fingerprint density at radius 3 is 1.76 bits per heavy atom. The van der Waals surface area contributed by atoms with Crippen molar-refractivity contribution in [3.8, 4) is 0 Å². The molecule has 0 radical (unpaired) electrons. The molecular formula is C29H51NO3. The first kappa shape index (κ1) is 31.4. The van der Waals surface area contributed by atoms with Gasteiger partial charge < -0.3 is 15.5 Å². The van der Waals surface area contributed by atoms with Crippen molar-refractivity contribution < 1.29 is 15.0 Å². The molecule has 0 aliphatic rings. The maximum Gasteiger partial charge on any atom is 0.220 e. The summed E-state index contributed by atoms with van der Waals surface area (Å²) in [4.78, 5) is 12.1. The summed E-state index contributed by atoms with van der Waals surface area (Å²) < 4.78 is 0. The second-order valence-electron chi connectivity index (χ2n) is 8.73. The summed E-state index contributed by atoms with van der Waals surface area (Å²) in [5, 5.41) is 22.6. The second kappa shape index (κ2) is 25.0. The molecule has 0 aliphatic carbocycles. The van der Waals surface area contributed by atoms with E-state index in [1.807, 2.05) is 6.08 Å². The Bertz CT molecular complexity index is 551. The Morgan fingerprint density at radius 1 is 0.697 bits per heavy atom. The highest BCUT2D eigenvalue weighted by Gasteiger charge is 2.17. The molecule has 0 aromatic rings. The summed E-state index contributed by atoms with van der Waals surface area (Å²) in [7, 11) is 0. The molecule has 0 aliphatic heterocycles. The first-order valence-electron chi connectivity index (χ1n) is 13.4. The first-order chi connectivity index (χ1) is 16.2. The van der Waals surface area contributed by atoms with E-state index < -0.39 is 12.1 Å². The van der Waals surface area contributed by atoms with Crippen LogP contribution in [-0.4, -0.2) is 34.9 Å². The van der Waals surface area contributed by atoms with Crippen molar-refractivity contribution in [2.45, 2.75) is 122 Å². The number of aliphatic hydroxyl groups is 2. The second-order valence-corrected chi connectivity index (χ2v) is 8.73. The van der Waals surface area contributed by atoms with E-state index in [0.717, 1.165) is 57.8 Å². The minimum Gasteiger partial charge on any atom is -0.394 e. The Balaban J connectivity index is 3.86. The van der Waals surface area contributed by atoms with Gasteiger partial charge in [-0.1, -0.05) is 94.6 Å². The van der Waals surface area contributed by atoms with Crippen LogP contribution in [-0.2, 0) is 4.79 Å². The van der Waals surface area contributed by atoms with Gasteiger partial charge in [-0.2, -0.15) is 0 Å². The highest BCUT2D eigenvalue weighted by Crippen LogP contribution is 2.09. The molecule has 2 atom stereocenters. The molecule has 1 amide bonds. The zero-order valence-corrected chi connectivity index (χ0v) is 21.4. The molecule has 0 spiro atoms. The molecular weight excluding hydrogens is 410 g/mol. The van der Waals surface area contributed by atoms with Gasteiger partial charge in [0.1, 0.15) is 0 Å². The molecule has 0 saturated carbocycles. The molecule has 2 unspecified atom stereocenters. The molecule has 190 valence electrons. The minimum absolute atomic E-state index is 0.0973. The third kappa shape index (κ3) is 21.9. The standard InChI is InChI=1S/C29H51NO3/c1-3-5-7-9-11-13-15-16-18-20-22-24-28(32)27(26-31)30-29(33)25-23-21-19-17-14-12-10-8-6-4-2/h7-10,15-16,22,24,27-28,31-32H,3-6,11-14,17-21,23,25-26H2,1-2H3,(H,30,33)/b9-7+,10-8-,16-15+,24-22+. The van der Waals surface area contributed by atoms with Gasteiger partial charge in [0.2, 0.25) is 5.91 Å². The number of unbranched alkanes of at least 4 members (excludes halogenated alkanes) is 9. The van der Waals surface area contributed by atoms with E-state index in [1.165, 1.54) is 32.1 Å². The Morgan fingerprint density at radius 2 is 1.18 bits per heavy atom. The number of nitrogens with one attached hydrogen (secondary N) is 1. The average molecular weight is 462 g/mol. The lowest BCUT2D eigenvalue weighted by molar-refractivity contribution is -0.123. The molecule has 0 rings (SSSR count). The molecule has 0 aromatic heterocycles. The molecule has 33 heavy (non-hydrogen) atoms. The van der Waals surface area contributed by atoms with Gasteiger partial charge in [0, 0.05) is 6.42 Å². The van der Waals surface area contributed by atoms with Gasteiger partial charge in [0.25, 0.3) is 0 Å². The predicted octanol–water partition coefficient (Wildman–Crippen LogP) is 6.94. The molecule has 0 fully saturated rings. The summed E-state index contributed by atoms with van der Waals surface area (Å²) in [5.41, 5.74) is 0. The highest BCUT2D eigenvalue weighted by atomic mass is 16.3. The number of carbonyl (C=O) groups excluding carboxylic acids is 1. The lowest BCUT2D eigenvalue weighted by atomic mass is 10.1. The maximum atomic E-state index is 12.1. The summed E-state index contributed by atoms with van der Waals surface area (Å²) in [6.07, 6.45) is 31.8. The van der Waals surface area contributed by atoms with E-state index >= 15 is 0 Å². The van der Waals surface area contributed by atoms with E-state index in [4.69, 9.17) is 0 Å². The monoisotopic (exact) mass is 461 g/mol. The van der Waals surface area contributed by atoms with Gasteiger partial charge in [-0.15, -0.1) is 0 Å². The summed E-state index contributed by atoms with van der Waals surface area (Å²) in [6, 6.07) is -0.644. The maximum absolute atomic E-state index is 12.1. The van der Waals surface area contributed by atoms with Crippen molar-refractivity contribution in [1.82, 2.24) is 5.32 Å². The molecule has 0 saturated heterocycles. The fraction of sp³-hybridized carbons (Fsp3) is 0.690. The van der Waals surface area contributed by atoms with Crippen LogP contribution in [0.15, 0.2) is 48.6 Å². The molecule has 0 heterocycles. The van der Waals surface area contributed by atoms with Gasteiger partial charge in [-0.3, -0.25) is 4.79 Å². The number of rotatable bonds is 22. The normalized spacial score (nSPS) is 14.2. The predicted molar refractivity (Wildman–Crippen MR) is 142 cm³/mol. The Labute approximate surface area is 203 Å². The van der Waals surface area contributed by atoms with Gasteiger partial charge in [0.05, 0.1) is 18.8 Å². The van der Waals surface area contributed by atoms with Gasteiger partial charge >= 0.3 is 0 Å². The first-order valence-corrected chi connectivity index (χ1v) is 13.4. The van der Waals surface area contributed by atoms with E-state index in [-0.39, 0.29) is 12.5 Å². The van der Waals surface area contributed by atoms with Gasteiger partial charge in [-0.05, 0) is 57.8 Å². The summed E-state index contributed by atoms with van der Waals surface area (Å²) >= 11 is 0. The number of amides is 1. The number of carbonyl (C=O) groups is 1. The highest BCUT2D eigenvalue weighted by molar-refractivity contribution is 5.76. The lowest BCUT2D eigenvalue weighted by Crippen LogP contribution is -2.45. The molecule has 4 nitrogen and oxygen atoms in total.